The van der Waals surface area contributed by atoms with Crippen LogP contribution in [0.5, 0.6) is 0 Å². The van der Waals surface area contributed by atoms with Gasteiger partial charge >= 0.3 is 0 Å². The lowest BCUT2D eigenvalue weighted by atomic mass is 10.2. The number of rotatable bonds is 3. The van der Waals surface area contributed by atoms with Gasteiger partial charge in [0.25, 0.3) is 10.0 Å². The third-order valence-corrected chi connectivity index (χ3v) is 4.72. The predicted octanol–water partition coefficient (Wildman–Crippen LogP) is 3.29. The van der Waals surface area contributed by atoms with Crippen molar-refractivity contribution < 1.29 is 12.8 Å². The molecule has 102 valence electrons. The van der Waals surface area contributed by atoms with Crippen molar-refractivity contribution in [1.29, 1.82) is 0 Å². The third-order valence-electron chi connectivity index (χ3n) is 3.07. The Morgan fingerprint density at radius 3 is 2.45 bits per heavy atom. The van der Waals surface area contributed by atoms with E-state index in [-0.39, 0.29) is 4.90 Å². The van der Waals surface area contributed by atoms with Gasteiger partial charge in [-0.2, -0.15) is 0 Å². The van der Waals surface area contributed by atoms with Gasteiger partial charge in [0.1, 0.15) is 5.76 Å². The molecule has 3 aromatic rings. The molecule has 0 atom stereocenters. The number of aryl methyl sites for hydroxylation is 1. The quantitative estimate of drug-likeness (QED) is 0.742. The molecule has 0 aliphatic carbocycles. The smallest absolute Gasteiger partial charge is 0.267 e. The largest absolute Gasteiger partial charge is 0.464 e. The Balaban J connectivity index is 2.02. The number of benzene rings is 1. The first kappa shape index (κ1) is 12.7. The van der Waals surface area contributed by atoms with Gasteiger partial charge in [-0.25, -0.2) is 12.4 Å². The SMILES string of the molecule is Cc1ccc(S(=O)(=O)n2ccc(-c3ccco3)c2)cc1. The molecule has 0 aliphatic heterocycles. The molecular weight excluding hydrogens is 274 g/mol. The first-order chi connectivity index (χ1) is 9.57. The van der Waals surface area contributed by atoms with Crippen molar-refractivity contribution in [3.63, 3.8) is 0 Å². The lowest BCUT2D eigenvalue weighted by Crippen LogP contribution is -2.10. The van der Waals surface area contributed by atoms with Crippen LogP contribution in [0.3, 0.4) is 0 Å². The minimum Gasteiger partial charge on any atom is -0.464 e. The molecule has 5 heteroatoms. The van der Waals surface area contributed by atoms with Crippen molar-refractivity contribution in [3.8, 4) is 11.3 Å². The van der Waals surface area contributed by atoms with Crippen molar-refractivity contribution in [2.45, 2.75) is 11.8 Å². The Hall–Kier alpha value is -2.27. The molecule has 2 aromatic heterocycles. The first-order valence-corrected chi connectivity index (χ1v) is 7.55. The van der Waals surface area contributed by atoms with Crippen molar-refractivity contribution >= 4 is 10.0 Å². The Morgan fingerprint density at radius 1 is 1.05 bits per heavy atom. The van der Waals surface area contributed by atoms with E-state index in [1.54, 1.807) is 54.9 Å². The summed E-state index contributed by atoms with van der Waals surface area (Å²) in [6, 6.07) is 12.0. The maximum absolute atomic E-state index is 12.5. The van der Waals surface area contributed by atoms with Crippen LogP contribution in [-0.4, -0.2) is 12.4 Å². The molecule has 0 bridgehead atoms. The molecular formula is C15H13NO3S. The molecule has 0 spiro atoms. The summed E-state index contributed by atoms with van der Waals surface area (Å²) in [4.78, 5) is 0.268. The van der Waals surface area contributed by atoms with Crippen LogP contribution in [0, 0.1) is 6.92 Å². The molecule has 0 amide bonds. The molecule has 0 N–H and O–H groups in total. The van der Waals surface area contributed by atoms with Crippen molar-refractivity contribution in [2.24, 2.45) is 0 Å². The molecule has 0 saturated heterocycles. The van der Waals surface area contributed by atoms with Crippen LogP contribution in [0.4, 0.5) is 0 Å². The van der Waals surface area contributed by atoms with Crippen LogP contribution < -0.4 is 0 Å². The number of hydrogen-bond acceptors (Lipinski definition) is 3. The average Bonchev–Trinajstić information content (AvgIpc) is 3.10. The summed E-state index contributed by atoms with van der Waals surface area (Å²) in [5, 5.41) is 0. The molecule has 1 aromatic carbocycles. The fourth-order valence-electron chi connectivity index (χ4n) is 1.95. The molecule has 0 unspecified atom stereocenters. The van der Waals surface area contributed by atoms with Gasteiger partial charge in [-0.3, -0.25) is 0 Å². The highest BCUT2D eigenvalue weighted by Crippen LogP contribution is 2.23. The highest BCUT2D eigenvalue weighted by Gasteiger charge is 2.17. The van der Waals surface area contributed by atoms with Crippen molar-refractivity contribution in [3.05, 3.63) is 66.7 Å². The molecule has 0 fully saturated rings. The van der Waals surface area contributed by atoms with Crippen LogP contribution in [0.15, 0.2) is 70.4 Å². The van der Waals surface area contributed by atoms with Gasteiger partial charge in [-0.1, -0.05) is 17.7 Å². The Kier molecular flexibility index (Phi) is 2.99. The monoisotopic (exact) mass is 287 g/mol. The first-order valence-electron chi connectivity index (χ1n) is 6.11. The molecule has 3 rings (SSSR count). The second-order valence-electron chi connectivity index (χ2n) is 4.53. The van der Waals surface area contributed by atoms with E-state index in [1.807, 2.05) is 6.92 Å². The zero-order valence-electron chi connectivity index (χ0n) is 10.9. The topological polar surface area (TPSA) is 52.2 Å². The zero-order valence-corrected chi connectivity index (χ0v) is 11.7. The Morgan fingerprint density at radius 2 is 1.80 bits per heavy atom. The molecule has 0 radical (unpaired) electrons. The summed E-state index contributed by atoms with van der Waals surface area (Å²) >= 11 is 0. The Labute approximate surface area is 117 Å². The summed E-state index contributed by atoms with van der Waals surface area (Å²) in [7, 11) is -3.55. The summed E-state index contributed by atoms with van der Waals surface area (Å²) in [6.45, 7) is 1.92. The van der Waals surface area contributed by atoms with Crippen LogP contribution in [-0.2, 0) is 10.0 Å². The lowest BCUT2D eigenvalue weighted by Gasteiger charge is -2.05. The molecule has 4 nitrogen and oxygen atoms in total. The van der Waals surface area contributed by atoms with Gasteiger partial charge in [0, 0.05) is 18.0 Å². The summed E-state index contributed by atoms with van der Waals surface area (Å²) in [5.41, 5.74) is 1.75. The van der Waals surface area contributed by atoms with Crippen molar-refractivity contribution in [1.82, 2.24) is 3.97 Å². The number of nitrogens with zero attached hydrogens (tertiary/aromatic N) is 1. The summed E-state index contributed by atoms with van der Waals surface area (Å²) in [6.07, 6.45) is 4.63. The van der Waals surface area contributed by atoms with Crippen LogP contribution in [0.2, 0.25) is 0 Å². The fraction of sp³-hybridized carbons (Fsp3) is 0.0667. The van der Waals surface area contributed by atoms with Crippen LogP contribution >= 0.6 is 0 Å². The second-order valence-corrected chi connectivity index (χ2v) is 6.37. The van der Waals surface area contributed by atoms with Gasteiger partial charge in [0.2, 0.25) is 0 Å². The minimum atomic E-state index is -3.55. The number of furan rings is 1. The van der Waals surface area contributed by atoms with E-state index >= 15 is 0 Å². The number of hydrogen-bond donors (Lipinski definition) is 0. The van der Waals surface area contributed by atoms with E-state index < -0.39 is 10.0 Å². The van der Waals surface area contributed by atoms with Crippen LogP contribution in [0.25, 0.3) is 11.3 Å². The lowest BCUT2D eigenvalue weighted by molar-refractivity contribution is 0.582. The zero-order chi connectivity index (χ0) is 14.2. The fourth-order valence-corrected chi connectivity index (χ4v) is 3.14. The molecule has 0 aliphatic rings. The summed E-state index contributed by atoms with van der Waals surface area (Å²) in [5.74, 6) is 0.642. The van der Waals surface area contributed by atoms with E-state index in [1.165, 1.54) is 10.2 Å². The number of aromatic nitrogens is 1. The van der Waals surface area contributed by atoms with Crippen molar-refractivity contribution in [2.75, 3.05) is 0 Å². The van der Waals surface area contributed by atoms with Crippen LogP contribution in [0.1, 0.15) is 5.56 Å². The van der Waals surface area contributed by atoms with Gasteiger partial charge in [-0.05, 0) is 37.3 Å². The summed E-state index contributed by atoms with van der Waals surface area (Å²) < 4.78 is 31.4. The third kappa shape index (κ3) is 2.16. The Bertz CT molecular complexity index is 812. The predicted molar refractivity (Wildman–Crippen MR) is 75.9 cm³/mol. The normalized spacial score (nSPS) is 11.7. The average molecular weight is 287 g/mol. The minimum absolute atomic E-state index is 0.268. The maximum Gasteiger partial charge on any atom is 0.267 e. The molecule has 2 heterocycles. The van der Waals surface area contributed by atoms with Gasteiger partial charge < -0.3 is 4.42 Å². The van der Waals surface area contributed by atoms with E-state index in [4.69, 9.17) is 4.42 Å². The standard InChI is InChI=1S/C15H13NO3S/c1-12-4-6-14(7-5-12)20(17,18)16-9-8-13(11-16)15-3-2-10-19-15/h2-11H,1H3. The van der Waals surface area contributed by atoms with Gasteiger partial charge in [0.15, 0.2) is 0 Å². The molecule has 0 saturated carbocycles. The second kappa shape index (κ2) is 4.68. The van der Waals surface area contributed by atoms with E-state index in [2.05, 4.69) is 0 Å². The van der Waals surface area contributed by atoms with Gasteiger partial charge in [-0.15, -0.1) is 0 Å². The van der Waals surface area contributed by atoms with E-state index in [9.17, 15) is 8.42 Å². The van der Waals surface area contributed by atoms with Gasteiger partial charge in [0.05, 0.1) is 11.2 Å². The van der Waals surface area contributed by atoms with E-state index in [0.29, 0.717) is 5.76 Å². The maximum atomic E-state index is 12.5. The highest BCUT2D eigenvalue weighted by molar-refractivity contribution is 7.90. The van der Waals surface area contributed by atoms with E-state index in [0.717, 1.165) is 11.1 Å². The highest BCUT2D eigenvalue weighted by atomic mass is 32.2. The molecule has 20 heavy (non-hydrogen) atoms.